The number of rotatable bonds is 0. The number of aromatic amines is 1. The molecule has 0 radical (unpaired) electrons. The Bertz CT molecular complexity index is 469. The molecule has 13 heavy (non-hydrogen) atoms. The van der Waals surface area contributed by atoms with Crippen molar-refractivity contribution >= 4 is 0 Å². The van der Waals surface area contributed by atoms with Crippen LogP contribution in [0.3, 0.4) is 0 Å². The number of hydrogen-bond acceptors (Lipinski definition) is 1. The quantitative estimate of drug-likeness (QED) is 0.551. The predicted octanol–water partition coefficient (Wildman–Crippen LogP) is 2.29. The van der Waals surface area contributed by atoms with E-state index in [2.05, 4.69) is 41.4 Å². The van der Waals surface area contributed by atoms with E-state index in [1.165, 1.54) is 28.1 Å². The van der Waals surface area contributed by atoms with E-state index in [1.54, 1.807) is 0 Å². The first kappa shape index (κ1) is 6.89. The summed E-state index contributed by atoms with van der Waals surface area (Å²) in [6.45, 7) is 2.08. The number of aromatic nitrogens is 2. The third-order valence-electron chi connectivity index (χ3n) is 2.67. The van der Waals surface area contributed by atoms with Gasteiger partial charge >= 0.3 is 0 Å². The number of fused-ring (bicyclic) bond motifs is 3. The molecule has 1 aliphatic carbocycles. The van der Waals surface area contributed by atoms with Crippen molar-refractivity contribution in [3.63, 3.8) is 0 Å². The van der Waals surface area contributed by atoms with Crippen LogP contribution in [0.1, 0.15) is 17.0 Å². The van der Waals surface area contributed by atoms with Crippen LogP contribution < -0.4 is 0 Å². The van der Waals surface area contributed by atoms with Gasteiger partial charge in [0.05, 0.1) is 5.69 Å². The number of H-pyrrole nitrogens is 1. The molecule has 0 bridgehead atoms. The Balaban J connectivity index is 2.35. The summed E-state index contributed by atoms with van der Waals surface area (Å²) >= 11 is 0. The van der Waals surface area contributed by atoms with E-state index in [0.717, 1.165) is 6.42 Å². The monoisotopic (exact) mass is 170 g/mol. The van der Waals surface area contributed by atoms with Gasteiger partial charge in [-0.25, -0.2) is 0 Å². The van der Waals surface area contributed by atoms with Crippen LogP contribution in [-0.4, -0.2) is 10.2 Å². The molecule has 3 rings (SSSR count). The zero-order valence-corrected chi connectivity index (χ0v) is 7.46. The van der Waals surface area contributed by atoms with Crippen molar-refractivity contribution in [1.82, 2.24) is 10.2 Å². The van der Waals surface area contributed by atoms with E-state index in [1.807, 2.05) is 0 Å². The minimum Gasteiger partial charge on any atom is -0.282 e. The summed E-state index contributed by atoms with van der Waals surface area (Å²) in [6.07, 6.45) is 0.982. The summed E-state index contributed by atoms with van der Waals surface area (Å²) in [7, 11) is 0. The highest BCUT2D eigenvalue weighted by Crippen LogP contribution is 2.36. The number of nitrogens with one attached hydrogen (secondary N) is 1. The Labute approximate surface area is 76.6 Å². The van der Waals surface area contributed by atoms with Crippen molar-refractivity contribution in [2.75, 3.05) is 0 Å². The molecule has 1 heterocycles. The molecular weight excluding hydrogens is 160 g/mol. The average molecular weight is 170 g/mol. The Morgan fingerprint density at radius 2 is 2.15 bits per heavy atom. The van der Waals surface area contributed by atoms with E-state index < -0.39 is 0 Å². The highest BCUT2D eigenvalue weighted by Gasteiger charge is 2.21. The van der Waals surface area contributed by atoms with Crippen LogP contribution in [0.5, 0.6) is 0 Å². The molecule has 0 saturated carbocycles. The van der Waals surface area contributed by atoms with Crippen LogP contribution in [0, 0.1) is 6.92 Å². The molecule has 0 amide bonds. The Kier molecular flexibility index (Phi) is 1.18. The van der Waals surface area contributed by atoms with Gasteiger partial charge in [0.25, 0.3) is 0 Å². The van der Waals surface area contributed by atoms with Crippen LogP contribution in [0.4, 0.5) is 0 Å². The molecule has 0 unspecified atom stereocenters. The van der Waals surface area contributed by atoms with E-state index in [0.29, 0.717) is 0 Å². The highest BCUT2D eigenvalue weighted by molar-refractivity contribution is 5.77. The Hall–Kier alpha value is -1.57. The van der Waals surface area contributed by atoms with E-state index in [-0.39, 0.29) is 0 Å². The van der Waals surface area contributed by atoms with Gasteiger partial charge in [-0.1, -0.05) is 24.3 Å². The molecule has 2 nitrogen and oxygen atoms in total. The number of aryl methyl sites for hydroxylation is 1. The molecular formula is C11H10N2. The van der Waals surface area contributed by atoms with E-state index >= 15 is 0 Å². The first-order chi connectivity index (χ1) is 6.36. The summed E-state index contributed by atoms with van der Waals surface area (Å²) in [5.41, 5.74) is 6.44. The molecule has 1 aliphatic rings. The predicted molar refractivity (Wildman–Crippen MR) is 51.6 cm³/mol. The number of nitrogens with zero attached hydrogens (tertiary/aromatic N) is 1. The van der Waals surface area contributed by atoms with Gasteiger partial charge in [0, 0.05) is 17.7 Å². The van der Waals surface area contributed by atoms with Gasteiger partial charge in [-0.3, -0.25) is 5.10 Å². The van der Waals surface area contributed by atoms with Crippen molar-refractivity contribution in [3.05, 3.63) is 41.2 Å². The number of hydrogen-bond donors (Lipinski definition) is 1. The molecule has 0 aliphatic heterocycles. The third-order valence-corrected chi connectivity index (χ3v) is 2.67. The Morgan fingerprint density at radius 1 is 1.31 bits per heavy atom. The topological polar surface area (TPSA) is 28.7 Å². The van der Waals surface area contributed by atoms with Crippen molar-refractivity contribution < 1.29 is 0 Å². The van der Waals surface area contributed by atoms with Crippen LogP contribution in [-0.2, 0) is 6.42 Å². The lowest BCUT2D eigenvalue weighted by molar-refractivity contribution is 0.984. The molecule has 2 heteroatoms. The largest absolute Gasteiger partial charge is 0.282 e. The first-order valence-electron chi connectivity index (χ1n) is 4.48. The standard InChI is InChI=1S/C11H10N2/c1-7-11-9-5-3-2-4-8(9)6-10(11)13-12-7/h2-5H,6H2,1H3,(H,12,13). The average Bonchev–Trinajstić information content (AvgIpc) is 2.66. The normalized spacial score (nSPS) is 12.7. The fourth-order valence-corrected chi connectivity index (χ4v) is 2.06. The van der Waals surface area contributed by atoms with Gasteiger partial charge < -0.3 is 0 Å². The molecule has 0 fully saturated rings. The van der Waals surface area contributed by atoms with Crippen molar-refractivity contribution in [3.8, 4) is 11.1 Å². The van der Waals surface area contributed by atoms with Crippen LogP contribution in [0.2, 0.25) is 0 Å². The van der Waals surface area contributed by atoms with Crippen molar-refractivity contribution in [2.24, 2.45) is 0 Å². The summed E-state index contributed by atoms with van der Waals surface area (Å²) in [5.74, 6) is 0. The van der Waals surface area contributed by atoms with Gasteiger partial charge in [0.1, 0.15) is 0 Å². The van der Waals surface area contributed by atoms with Gasteiger partial charge in [0.15, 0.2) is 0 Å². The number of benzene rings is 1. The molecule has 64 valence electrons. The second-order valence-electron chi connectivity index (χ2n) is 3.50. The molecule has 1 aromatic carbocycles. The lowest BCUT2D eigenvalue weighted by Crippen LogP contribution is -1.83. The second-order valence-corrected chi connectivity index (χ2v) is 3.50. The minimum absolute atomic E-state index is 0.982. The van der Waals surface area contributed by atoms with Crippen molar-refractivity contribution in [1.29, 1.82) is 0 Å². The summed E-state index contributed by atoms with van der Waals surface area (Å²) < 4.78 is 0. The zero-order valence-electron chi connectivity index (χ0n) is 7.46. The lowest BCUT2D eigenvalue weighted by Gasteiger charge is -1.98. The van der Waals surface area contributed by atoms with Crippen molar-refractivity contribution in [2.45, 2.75) is 13.3 Å². The first-order valence-corrected chi connectivity index (χ1v) is 4.48. The molecule has 1 aromatic heterocycles. The molecule has 0 spiro atoms. The van der Waals surface area contributed by atoms with Crippen LogP contribution >= 0.6 is 0 Å². The van der Waals surface area contributed by atoms with E-state index in [4.69, 9.17) is 0 Å². The second kappa shape index (κ2) is 2.22. The summed E-state index contributed by atoms with van der Waals surface area (Å²) in [5, 5.41) is 7.32. The lowest BCUT2D eigenvalue weighted by atomic mass is 10.1. The summed E-state index contributed by atoms with van der Waals surface area (Å²) in [6, 6.07) is 8.52. The van der Waals surface area contributed by atoms with Gasteiger partial charge in [0.2, 0.25) is 0 Å². The maximum absolute atomic E-state index is 4.29. The molecule has 0 saturated heterocycles. The Morgan fingerprint density at radius 3 is 3.08 bits per heavy atom. The van der Waals surface area contributed by atoms with Gasteiger partial charge in [-0.15, -0.1) is 0 Å². The maximum atomic E-state index is 4.29. The smallest absolute Gasteiger partial charge is 0.0747 e. The van der Waals surface area contributed by atoms with Crippen LogP contribution in [0.25, 0.3) is 11.1 Å². The molecule has 1 N–H and O–H groups in total. The maximum Gasteiger partial charge on any atom is 0.0747 e. The third kappa shape index (κ3) is 0.800. The fraction of sp³-hybridized carbons (Fsp3) is 0.182. The molecule has 2 aromatic rings. The fourth-order valence-electron chi connectivity index (χ4n) is 2.06. The van der Waals surface area contributed by atoms with E-state index in [9.17, 15) is 0 Å². The highest BCUT2D eigenvalue weighted by atomic mass is 15.1. The van der Waals surface area contributed by atoms with Crippen LogP contribution in [0.15, 0.2) is 24.3 Å². The SMILES string of the molecule is Cc1[nH]nc2c1-c1ccccc1C2. The van der Waals surface area contributed by atoms with Gasteiger partial charge in [-0.05, 0) is 18.1 Å². The molecule has 0 atom stereocenters. The summed E-state index contributed by atoms with van der Waals surface area (Å²) in [4.78, 5) is 0. The minimum atomic E-state index is 0.982. The zero-order chi connectivity index (χ0) is 8.84. The van der Waals surface area contributed by atoms with Gasteiger partial charge in [-0.2, -0.15) is 5.10 Å².